The van der Waals surface area contributed by atoms with Crippen LogP contribution in [0.25, 0.3) is 10.9 Å². The van der Waals surface area contributed by atoms with Gasteiger partial charge >= 0.3 is 0 Å². The van der Waals surface area contributed by atoms with Gasteiger partial charge in [-0.05, 0) is 37.1 Å². The van der Waals surface area contributed by atoms with Crippen LogP contribution < -0.4 is 5.32 Å². The van der Waals surface area contributed by atoms with Gasteiger partial charge in [-0.15, -0.1) is 0 Å². The minimum absolute atomic E-state index is 0.511. The molecule has 0 amide bonds. The zero-order chi connectivity index (χ0) is 15.0. The zero-order valence-corrected chi connectivity index (χ0v) is 13.2. The number of benzene rings is 1. The second-order valence-corrected chi connectivity index (χ2v) is 5.71. The van der Waals surface area contributed by atoms with Crippen molar-refractivity contribution in [3.05, 3.63) is 58.5 Å². The van der Waals surface area contributed by atoms with E-state index in [-0.39, 0.29) is 0 Å². The summed E-state index contributed by atoms with van der Waals surface area (Å²) in [5.74, 6) is 0. The van der Waals surface area contributed by atoms with E-state index in [1.54, 1.807) is 6.20 Å². The van der Waals surface area contributed by atoms with Gasteiger partial charge in [0.05, 0.1) is 12.2 Å². The molecule has 3 rings (SSSR count). The Morgan fingerprint density at radius 3 is 2.76 bits per heavy atom. The first-order valence-corrected chi connectivity index (χ1v) is 7.34. The Labute approximate surface area is 129 Å². The van der Waals surface area contributed by atoms with Crippen LogP contribution in [0.4, 0.5) is 5.69 Å². The van der Waals surface area contributed by atoms with Crippen molar-refractivity contribution in [2.75, 3.05) is 5.32 Å². The van der Waals surface area contributed by atoms with Crippen molar-refractivity contribution in [3.8, 4) is 0 Å². The smallest absolute Gasteiger partial charge is 0.152 e. The van der Waals surface area contributed by atoms with Crippen molar-refractivity contribution < 1.29 is 0 Å². The van der Waals surface area contributed by atoms with Crippen LogP contribution in [0.15, 0.2) is 36.5 Å². The second kappa shape index (κ2) is 5.41. The van der Waals surface area contributed by atoms with E-state index in [9.17, 15) is 0 Å². The highest BCUT2D eigenvalue weighted by molar-refractivity contribution is 6.31. The van der Waals surface area contributed by atoms with E-state index in [1.807, 2.05) is 13.0 Å². The predicted octanol–water partition coefficient (Wildman–Crippen LogP) is 4.46. The molecule has 2 aromatic heterocycles. The normalized spacial score (nSPS) is 11.0. The Hall–Kier alpha value is -2.00. The number of hydrogen-bond acceptors (Lipinski definition) is 2. The van der Waals surface area contributed by atoms with Crippen molar-refractivity contribution in [2.45, 2.75) is 20.4 Å². The van der Waals surface area contributed by atoms with Crippen LogP contribution >= 0.6 is 11.6 Å². The lowest BCUT2D eigenvalue weighted by molar-refractivity contribution is 0.862. The third kappa shape index (κ3) is 2.49. The van der Waals surface area contributed by atoms with E-state index < -0.39 is 0 Å². The molecule has 3 aromatic rings. The molecule has 0 bridgehead atoms. The number of nitrogens with one attached hydrogen (secondary N) is 1. The minimum Gasteiger partial charge on any atom is -0.377 e. The maximum absolute atomic E-state index is 6.14. The maximum atomic E-state index is 6.14. The van der Waals surface area contributed by atoms with E-state index in [4.69, 9.17) is 11.6 Å². The Bertz CT molecular complexity index is 766. The van der Waals surface area contributed by atoms with Gasteiger partial charge < -0.3 is 9.88 Å². The minimum atomic E-state index is 0.511. The Morgan fingerprint density at radius 2 is 2.00 bits per heavy atom. The molecule has 0 saturated heterocycles. The molecular weight excluding hydrogens is 282 g/mol. The molecule has 0 saturated carbocycles. The van der Waals surface area contributed by atoms with Gasteiger partial charge in [-0.25, -0.2) is 4.98 Å². The number of rotatable bonds is 3. The number of para-hydroxylation sites is 1. The van der Waals surface area contributed by atoms with E-state index in [0.717, 1.165) is 17.8 Å². The Morgan fingerprint density at radius 1 is 1.24 bits per heavy atom. The summed E-state index contributed by atoms with van der Waals surface area (Å²) in [5.41, 5.74) is 5.78. The van der Waals surface area contributed by atoms with E-state index in [0.29, 0.717) is 5.15 Å². The van der Waals surface area contributed by atoms with E-state index in [2.05, 4.69) is 53.1 Å². The van der Waals surface area contributed by atoms with Crippen molar-refractivity contribution in [2.24, 2.45) is 7.05 Å². The number of aryl methyl sites for hydroxylation is 3. The van der Waals surface area contributed by atoms with Gasteiger partial charge in [-0.2, -0.15) is 0 Å². The van der Waals surface area contributed by atoms with Crippen LogP contribution in [0.3, 0.4) is 0 Å². The fourth-order valence-corrected chi connectivity index (χ4v) is 2.91. The van der Waals surface area contributed by atoms with Crippen LogP contribution in [-0.4, -0.2) is 9.55 Å². The fourth-order valence-electron chi connectivity index (χ4n) is 2.74. The zero-order valence-electron chi connectivity index (χ0n) is 12.4. The highest BCUT2D eigenvalue weighted by Gasteiger charge is 2.11. The van der Waals surface area contributed by atoms with E-state index in [1.165, 1.54) is 22.2 Å². The third-order valence-corrected chi connectivity index (χ3v) is 4.23. The summed E-state index contributed by atoms with van der Waals surface area (Å²) in [6.07, 6.45) is 1.77. The largest absolute Gasteiger partial charge is 0.377 e. The molecule has 0 atom stereocenters. The highest BCUT2D eigenvalue weighted by atomic mass is 35.5. The lowest BCUT2D eigenvalue weighted by atomic mass is 10.1. The van der Waals surface area contributed by atoms with Crippen LogP contribution in [0.5, 0.6) is 0 Å². The lowest BCUT2D eigenvalue weighted by Crippen LogP contribution is -2.06. The van der Waals surface area contributed by atoms with Crippen molar-refractivity contribution in [3.63, 3.8) is 0 Å². The van der Waals surface area contributed by atoms with Crippen LogP contribution in [0.1, 0.15) is 16.8 Å². The topological polar surface area (TPSA) is 29.9 Å². The molecule has 1 aromatic carbocycles. The maximum Gasteiger partial charge on any atom is 0.152 e. The Balaban J connectivity index is 1.94. The molecule has 0 aliphatic carbocycles. The third-order valence-electron chi connectivity index (χ3n) is 3.93. The fraction of sp³-hybridized carbons (Fsp3) is 0.235. The number of halogens is 1. The molecule has 0 radical (unpaired) electrons. The monoisotopic (exact) mass is 299 g/mol. The number of fused-ring (bicyclic) bond motifs is 1. The summed E-state index contributed by atoms with van der Waals surface area (Å²) >= 11 is 6.14. The van der Waals surface area contributed by atoms with Gasteiger partial charge in [-0.3, -0.25) is 0 Å². The standard InChI is InChI=1S/C17H18ClN3/c1-11-8-14(17(18)20-9-11)19-10-16-12(2)13-6-4-5-7-15(13)21(16)3/h4-9,19H,10H2,1-3H3. The van der Waals surface area contributed by atoms with Gasteiger partial charge in [-0.1, -0.05) is 29.8 Å². The Kier molecular flexibility index (Phi) is 3.60. The first-order valence-electron chi connectivity index (χ1n) is 6.97. The summed E-state index contributed by atoms with van der Waals surface area (Å²) in [4.78, 5) is 4.17. The number of aromatic nitrogens is 2. The van der Waals surface area contributed by atoms with Crippen molar-refractivity contribution in [1.82, 2.24) is 9.55 Å². The molecule has 1 N–H and O–H groups in total. The predicted molar refractivity (Wildman–Crippen MR) is 89.0 cm³/mol. The number of anilines is 1. The highest BCUT2D eigenvalue weighted by Crippen LogP contribution is 2.26. The van der Waals surface area contributed by atoms with Crippen molar-refractivity contribution >= 4 is 28.2 Å². The lowest BCUT2D eigenvalue weighted by Gasteiger charge is -2.11. The van der Waals surface area contributed by atoms with Gasteiger partial charge in [0, 0.05) is 29.8 Å². The van der Waals surface area contributed by atoms with Gasteiger partial charge in [0.1, 0.15) is 0 Å². The number of nitrogens with zero attached hydrogens (tertiary/aromatic N) is 2. The quantitative estimate of drug-likeness (QED) is 0.724. The summed E-state index contributed by atoms with van der Waals surface area (Å²) in [5, 5.41) is 5.21. The molecule has 0 aliphatic heterocycles. The molecular formula is C17H18ClN3. The van der Waals surface area contributed by atoms with Crippen LogP contribution in [-0.2, 0) is 13.6 Å². The molecule has 3 nitrogen and oxygen atoms in total. The average molecular weight is 300 g/mol. The molecule has 0 unspecified atom stereocenters. The van der Waals surface area contributed by atoms with Crippen LogP contribution in [0.2, 0.25) is 5.15 Å². The molecule has 21 heavy (non-hydrogen) atoms. The average Bonchev–Trinajstić information content (AvgIpc) is 2.73. The SMILES string of the molecule is Cc1cnc(Cl)c(NCc2c(C)c3ccccc3n2C)c1. The van der Waals surface area contributed by atoms with Gasteiger partial charge in [0.15, 0.2) is 5.15 Å². The first kappa shape index (κ1) is 14.0. The molecule has 0 fully saturated rings. The molecule has 2 heterocycles. The molecule has 0 spiro atoms. The molecule has 108 valence electrons. The molecule has 4 heteroatoms. The van der Waals surface area contributed by atoms with Crippen LogP contribution in [0, 0.1) is 13.8 Å². The first-order chi connectivity index (χ1) is 10.1. The summed E-state index contributed by atoms with van der Waals surface area (Å²) in [6, 6.07) is 10.5. The van der Waals surface area contributed by atoms with E-state index >= 15 is 0 Å². The number of pyridine rings is 1. The second-order valence-electron chi connectivity index (χ2n) is 5.35. The van der Waals surface area contributed by atoms with Gasteiger partial charge in [0.2, 0.25) is 0 Å². The number of hydrogen-bond donors (Lipinski definition) is 1. The van der Waals surface area contributed by atoms with Gasteiger partial charge in [0.25, 0.3) is 0 Å². The van der Waals surface area contributed by atoms with Crippen molar-refractivity contribution in [1.29, 1.82) is 0 Å². The summed E-state index contributed by atoms with van der Waals surface area (Å²) in [6.45, 7) is 4.90. The summed E-state index contributed by atoms with van der Waals surface area (Å²) in [7, 11) is 2.10. The molecule has 0 aliphatic rings. The summed E-state index contributed by atoms with van der Waals surface area (Å²) < 4.78 is 2.23.